The second kappa shape index (κ2) is 5.80. The lowest BCUT2D eigenvalue weighted by Gasteiger charge is -2.18. The summed E-state index contributed by atoms with van der Waals surface area (Å²) in [5.41, 5.74) is 1.19. The van der Waals surface area contributed by atoms with E-state index < -0.39 is 0 Å². The fourth-order valence-electron chi connectivity index (χ4n) is 1.31. The Kier molecular flexibility index (Phi) is 4.64. The molecule has 0 saturated carbocycles. The van der Waals surface area contributed by atoms with Crippen molar-refractivity contribution in [3.05, 3.63) is 17.5 Å². The van der Waals surface area contributed by atoms with Gasteiger partial charge in [0, 0.05) is 12.7 Å². The first-order chi connectivity index (χ1) is 8.33. The minimum absolute atomic E-state index is 0.150. The van der Waals surface area contributed by atoms with Gasteiger partial charge in [-0.3, -0.25) is 0 Å². The topological polar surface area (TPSA) is 64.1 Å². The molecule has 0 amide bonds. The molecular formula is C13H21N3O2. The van der Waals surface area contributed by atoms with Crippen LogP contribution < -0.4 is 5.32 Å². The van der Waals surface area contributed by atoms with Gasteiger partial charge in [-0.15, -0.1) is 0 Å². The maximum Gasteiger partial charge on any atom is 0.341 e. The molecule has 0 aliphatic rings. The minimum Gasteiger partial charge on any atom is -0.462 e. The lowest BCUT2D eigenvalue weighted by atomic mass is 9.97. The summed E-state index contributed by atoms with van der Waals surface area (Å²) in [5.74, 6) is 0.160. The number of aromatic nitrogens is 2. The average molecular weight is 251 g/mol. The van der Waals surface area contributed by atoms with Crippen molar-refractivity contribution in [3.8, 4) is 0 Å². The van der Waals surface area contributed by atoms with Crippen LogP contribution in [-0.2, 0) is 4.74 Å². The number of carbonyl (C=O) groups excluding carboxylic acids is 1. The number of esters is 1. The van der Waals surface area contributed by atoms with Crippen LogP contribution in [0.5, 0.6) is 0 Å². The summed E-state index contributed by atoms with van der Waals surface area (Å²) < 4.78 is 4.92. The van der Waals surface area contributed by atoms with E-state index in [4.69, 9.17) is 4.74 Å². The molecule has 0 saturated heterocycles. The Morgan fingerprint density at radius 2 is 2.11 bits per heavy atom. The minimum atomic E-state index is -0.377. The van der Waals surface area contributed by atoms with Crippen molar-refractivity contribution in [3.63, 3.8) is 0 Å². The Morgan fingerprint density at radius 3 is 2.61 bits per heavy atom. The van der Waals surface area contributed by atoms with Crippen LogP contribution in [0.25, 0.3) is 0 Å². The third-order valence-electron chi connectivity index (χ3n) is 2.25. The van der Waals surface area contributed by atoms with Gasteiger partial charge in [0.15, 0.2) is 0 Å². The molecule has 0 aliphatic carbocycles. The number of aryl methyl sites for hydroxylation is 1. The molecule has 100 valence electrons. The van der Waals surface area contributed by atoms with Crippen molar-refractivity contribution in [2.45, 2.75) is 34.6 Å². The number of hydrogen-bond donors (Lipinski definition) is 1. The van der Waals surface area contributed by atoms with Crippen LogP contribution in [0.2, 0.25) is 0 Å². The highest BCUT2D eigenvalue weighted by molar-refractivity contribution is 5.90. The summed E-state index contributed by atoms with van der Waals surface area (Å²) in [6, 6.07) is 0. The smallest absolute Gasteiger partial charge is 0.341 e. The lowest BCUT2D eigenvalue weighted by Crippen LogP contribution is -2.21. The molecule has 1 aromatic rings. The van der Waals surface area contributed by atoms with Gasteiger partial charge in [0.1, 0.15) is 0 Å². The van der Waals surface area contributed by atoms with Crippen molar-refractivity contribution in [2.24, 2.45) is 5.41 Å². The number of nitrogens with one attached hydrogen (secondary N) is 1. The van der Waals surface area contributed by atoms with E-state index in [0.717, 1.165) is 6.54 Å². The second-order valence-corrected chi connectivity index (χ2v) is 5.33. The Morgan fingerprint density at radius 1 is 1.44 bits per heavy atom. The van der Waals surface area contributed by atoms with Gasteiger partial charge in [0.25, 0.3) is 0 Å². The van der Waals surface area contributed by atoms with Crippen LogP contribution >= 0.6 is 0 Å². The fraction of sp³-hybridized carbons (Fsp3) is 0.615. The Labute approximate surface area is 108 Å². The summed E-state index contributed by atoms with van der Waals surface area (Å²) in [5, 5.41) is 3.15. The maximum absolute atomic E-state index is 11.6. The molecule has 1 heterocycles. The number of hydrogen-bond acceptors (Lipinski definition) is 5. The summed E-state index contributed by atoms with van der Waals surface area (Å²) >= 11 is 0. The molecule has 0 aliphatic heterocycles. The molecule has 0 unspecified atom stereocenters. The molecule has 1 N–H and O–H groups in total. The van der Waals surface area contributed by atoms with Gasteiger partial charge in [-0.05, 0) is 19.3 Å². The predicted molar refractivity (Wildman–Crippen MR) is 70.7 cm³/mol. The zero-order chi connectivity index (χ0) is 13.8. The Bertz CT molecular complexity index is 425. The number of rotatable bonds is 4. The van der Waals surface area contributed by atoms with Crippen LogP contribution in [0.4, 0.5) is 5.95 Å². The van der Waals surface area contributed by atoms with Gasteiger partial charge >= 0.3 is 5.97 Å². The van der Waals surface area contributed by atoms with E-state index in [0.29, 0.717) is 23.8 Å². The standard InChI is InChI=1S/C13H21N3O2/c1-6-18-11(17)10-7-14-12(16-9(10)2)15-8-13(3,4)5/h7H,6,8H2,1-5H3,(H,14,15,16). The first-order valence-corrected chi connectivity index (χ1v) is 6.08. The van der Waals surface area contributed by atoms with E-state index in [1.165, 1.54) is 6.20 Å². The molecular weight excluding hydrogens is 230 g/mol. The van der Waals surface area contributed by atoms with Gasteiger partial charge in [-0.1, -0.05) is 20.8 Å². The molecule has 0 spiro atoms. The van der Waals surface area contributed by atoms with E-state index in [2.05, 4.69) is 36.1 Å². The molecule has 0 fully saturated rings. The summed E-state index contributed by atoms with van der Waals surface area (Å²) in [7, 11) is 0. The van der Waals surface area contributed by atoms with Gasteiger partial charge in [-0.25, -0.2) is 14.8 Å². The highest BCUT2D eigenvalue weighted by atomic mass is 16.5. The van der Waals surface area contributed by atoms with Crippen molar-refractivity contribution in [1.29, 1.82) is 0 Å². The zero-order valence-corrected chi connectivity index (χ0v) is 11.7. The first-order valence-electron chi connectivity index (χ1n) is 6.08. The lowest BCUT2D eigenvalue weighted by molar-refractivity contribution is 0.0524. The van der Waals surface area contributed by atoms with Crippen LogP contribution in [0.3, 0.4) is 0 Å². The molecule has 5 nitrogen and oxygen atoms in total. The molecule has 0 radical (unpaired) electrons. The Hall–Kier alpha value is -1.65. The second-order valence-electron chi connectivity index (χ2n) is 5.33. The first kappa shape index (κ1) is 14.4. The molecule has 0 atom stereocenters. The number of ether oxygens (including phenoxy) is 1. The van der Waals surface area contributed by atoms with E-state index in [1.807, 2.05) is 0 Å². The molecule has 0 aromatic carbocycles. The number of nitrogens with zero attached hydrogens (tertiary/aromatic N) is 2. The predicted octanol–water partition coefficient (Wildman–Crippen LogP) is 2.42. The van der Waals surface area contributed by atoms with Crippen LogP contribution in [-0.4, -0.2) is 29.1 Å². The van der Waals surface area contributed by atoms with Gasteiger partial charge < -0.3 is 10.1 Å². The van der Waals surface area contributed by atoms with Crippen LogP contribution in [0.1, 0.15) is 43.7 Å². The normalized spacial score (nSPS) is 11.2. The van der Waals surface area contributed by atoms with Crippen molar-refractivity contribution >= 4 is 11.9 Å². The van der Waals surface area contributed by atoms with Crippen LogP contribution in [0.15, 0.2) is 6.20 Å². The van der Waals surface area contributed by atoms with Gasteiger partial charge in [0.2, 0.25) is 5.95 Å². The van der Waals surface area contributed by atoms with Crippen LogP contribution in [0, 0.1) is 12.3 Å². The van der Waals surface area contributed by atoms with Crippen molar-refractivity contribution in [2.75, 3.05) is 18.5 Å². The highest BCUT2D eigenvalue weighted by Gasteiger charge is 2.14. The summed E-state index contributed by atoms with van der Waals surface area (Å²) in [4.78, 5) is 20.0. The molecule has 18 heavy (non-hydrogen) atoms. The molecule has 5 heteroatoms. The monoisotopic (exact) mass is 251 g/mol. The average Bonchev–Trinajstić information content (AvgIpc) is 2.25. The van der Waals surface area contributed by atoms with Gasteiger partial charge in [0.05, 0.1) is 17.9 Å². The van der Waals surface area contributed by atoms with E-state index in [1.54, 1.807) is 13.8 Å². The van der Waals surface area contributed by atoms with E-state index in [9.17, 15) is 4.79 Å². The van der Waals surface area contributed by atoms with Gasteiger partial charge in [-0.2, -0.15) is 0 Å². The highest BCUT2D eigenvalue weighted by Crippen LogP contribution is 2.14. The zero-order valence-electron chi connectivity index (χ0n) is 11.7. The van der Waals surface area contributed by atoms with Crippen molar-refractivity contribution < 1.29 is 9.53 Å². The number of carbonyl (C=O) groups is 1. The molecule has 0 bridgehead atoms. The number of anilines is 1. The fourth-order valence-corrected chi connectivity index (χ4v) is 1.31. The largest absolute Gasteiger partial charge is 0.462 e. The quantitative estimate of drug-likeness (QED) is 0.832. The molecule has 1 rings (SSSR count). The van der Waals surface area contributed by atoms with E-state index in [-0.39, 0.29) is 11.4 Å². The third kappa shape index (κ3) is 4.31. The third-order valence-corrected chi connectivity index (χ3v) is 2.25. The van der Waals surface area contributed by atoms with Crippen molar-refractivity contribution in [1.82, 2.24) is 9.97 Å². The SMILES string of the molecule is CCOC(=O)c1cnc(NCC(C)(C)C)nc1C. The Balaban J connectivity index is 2.76. The summed E-state index contributed by atoms with van der Waals surface area (Å²) in [6.07, 6.45) is 1.51. The van der Waals surface area contributed by atoms with E-state index >= 15 is 0 Å². The maximum atomic E-state index is 11.6. The summed E-state index contributed by atoms with van der Waals surface area (Å²) in [6.45, 7) is 11.0. The molecule has 1 aromatic heterocycles.